The van der Waals surface area contributed by atoms with Crippen LogP contribution in [0.3, 0.4) is 0 Å². The standard InChI is InChI=1S/C16H12ClF7N2O2/c1-13(4-5-25-7-11(13)17)12(28)26-9-6-8(2-3-10(9)27)14(18,15(19,20)21)16(22,23)24/h2-3,5-7,27H,4H2,1H3,(H,26,28). The van der Waals surface area contributed by atoms with Gasteiger partial charge in [0.15, 0.2) is 0 Å². The average molecular weight is 433 g/mol. The number of rotatable bonds is 3. The van der Waals surface area contributed by atoms with Crippen LogP contribution in [0.15, 0.2) is 34.4 Å². The average Bonchev–Trinajstić information content (AvgIpc) is 2.56. The lowest BCUT2D eigenvalue weighted by Gasteiger charge is -2.31. The number of benzene rings is 1. The molecular formula is C16H12ClF7N2O2. The summed E-state index contributed by atoms with van der Waals surface area (Å²) in [6.45, 7) is 1.35. The molecule has 0 saturated heterocycles. The van der Waals surface area contributed by atoms with Crippen molar-refractivity contribution >= 4 is 29.4 Å². The lowest BCUT2D eigenvalue weighted by Crippen LogP contribution is -2.50. The first-order valence-electron chi connectivity index (χ1n) is 7.49. The van der Waals surface area contributed by atoms with Gasteiger partial charge in [0.25, 0.3) is 0 Å². The number of amides is 1. The fourth-order valence-corrected chi connectivity index (χ4v) is 2.61. The monoisotopic (exact) mass is 432 g/mol. The lowest BCUT2D eigenvalue weighted by atomic mass is 9.84. The molecule has 0 aromatic heterocycles. The van der Waals surface area contributed by atoms with Crippen LogP contribution in [-0.4, -0.2) is 29.6 Å². The molecule has 0 bridgehead atoms. The summed E-state index contributed by atoms with van der Waals surface area (Å²) in [7, 11) is 0. The number of hydrogen-bond donors (Lipinski definition) is 2. The van der Waals surface area contributed by atoms with Crippen LogP contribution in [0.4, 0.5) is 36.4 Å². The van der Waals surface area contributed by atoms with Crippen molar-refractivity contribution in [1.29, 1.82) is 0 Å². The van der Waals surface area contributed by atoms with Gasteiger partial charge >= 0.3 is 18.0 Å². The van der Waals surface area contributed by atoms with Crippen LogP contribution in [0.1, 0.15) is 18.9 Å². The molecule has 0 radical (unpaired) electrons. The van der Waals surface area contributed by atoms with E-state index in [2.05, 4.69) is 4.99 Å². The number of aliphatic imine (C=N–C) groups is 1. The summed E-state index contributed by atoms with van der Waals surface area (Å²) in [6, 6.07) is 0.624. The summed E-state index contributed by atoms with van der Waals surface area (Å²) in [4.78, 5) is 16.2. The second-order valence-corrected chi connectivity index (χ2v) is 6.59. The highest BCUT2D eigenvalue weighted by atomic mass is 35.5. The number of alkyl halides is 7. The van der Waals surface area contributed by atoms with Gasteiger partial charge in [0.05, 0.1) is 16.1 Å². The number of anilines is 1. The van der Waals surface area contributed by atoms with Crippen molar-refractivity contribution in [3.05, 3.63) is 35.0 Å². The Kier molecular flexibility index (Phi) is 5.45. The lowest BCUT2D eigenvalue weighted by molar-refractivity contribution is -0.348. The summed E-state index contributed by atoms with van der Waals surface area (Å²) in [6.07, 6.45) is -10.2. The first-order chi connectivity index (χ1) is 12.6. The second-order valence-electron chi connectivity index (χ2n) is 6.18. The third kappa shape index (κ3) is 3.54. The van der Waals surface area contributed by atoms with Crippen molar-refractivity contribution in [1.82, 2.24) is 0 Å². The number of nitrogens with zero attached hydrogens (tertiary/aromatic N) is 1. The summed E-state index contributed by atoms with van der Waals surface area (Å²) < 4.78 is 91.6. The third-order valence-corrected chi connectivity index (χ3v) is 4.76. The van der Waals surface area contributed by atoms with E-state index in [1.165, 1.54) is 13.1 Å². The van der Waals surface area contributed by atoms with Crippen LogP contribution in [0.25, 0.3) is 0 Å². The molecular weight excluding hydrogens is 421 g/mol. The van der Waals surface area contributed by atoms with E-state index >= 15 is 0 Å². The normalized spacial score (nSPS) is 20.7. The third-order valence-electron chi connectivity index (χ3n) is 4.24. The molecule has 1 unspecified atom stereocenters. The number of carbonyl (C=O) groups excluding carboxylic acids is 1. The van der Waals surface area contributed by atoms with Crippen LogP contribution in [-0.2, 0) is 10.5 Å². The van der Waals surface area contributed by atoms with Gasteiger partial charge in [0, 0.05) is 24.4 Å². The molecule has 1 amide bonds. The van der Waals surface area contributed by atoms with E-state index in [0.29, 0.717) is 6.07 Å². The topological polar surface area (TPSA) is 61.7 Å². The van der Waals surface area contributed by atoms with Crippen LogP contribution < -0.4 is 5.32 Å². The predicted octanol–water partition coefficient (Wildman–Crippen LogP) is 5.18. The van der Waals surface area contributed by atoms with Gasteiger partial charge in [-0.15, -0.1) is 0 Å². The van der Waals surface area contributed by atoms with Crippen molar-refractivity contribution in [2.45, 2.75) is 31.4 Å². The molecule has 0 aliphatic carbocycles. The molecule has 1 atom stereocenters. The smallest absolute Gasteiger partial charge is 0.435 e. The molecule has 0 fully saturated rings. The van der Waals surface area contributed by atoms with Crippen LogP contribution in [0, 0.1) is 5.41 Å². The number of nitrogens with one attached hydrogen (secondary N) is 1. The quantitative estimate of drug-likeness (QED) is 0.510. The first-order valence-corrected chi connectivity index (χ1v) is 7.87. The van der Waals surface area contributed by atoms with Gasteiger partial charge in [-0.3, -0.25) is 9.79 Å². The van der Waals surface area contributed by atoms with E-state index in [9.17, 15) is 40.6 Å². The molecule has 2 rings (SSSR count). The van der Waals surface area contributed by atoms with E-state index in [1.54, 1.807) is 0 Å². The fraction of sp³-hybridized carbons (Fsp3) is 0.375. The van der Waals surface area contributed by atoms with Gasteiger partial charge in [0.1, 0.15) is 5.75 Å². The largest absolute Gasteiger partial charge is 0.506 e. The number of phenolic OH excluding ortho intramolecular Hbond substituents is 1. The highest BCUT2D eigenvalue weighted by molar-refractivity contribution is 6.33. The van der Waals surface area contributed by atoms with Crippen molar-refractivity contribution in [2.24, 2.45) is 10.4 Å². The minimum atomic E-state index is -6.33. The molecule has 0 saturated carbocycles. The zero-order chi connectivity index (χ0) is 21.5. The molecule has 1 aliphatic rings. The Labute approximate surface area is 158 Å². The molecule has 4 nitrogen and oxygen atoms in total. The van der Waals surface area contributed by atoms with Gasteiger partial charge in [-0.25, -0.2) is 4.39 Å². The highest BCUT2D eigenvalue weighted by Crippen LogP contribution is 2.54. The van der Waals surface area contributed by atoms with Crippen LogP contribution in [0.2, 0.25) is 0 Å². The zero-order valence-corrected chi connectivity index (χ0v) is 14.7. The van der Waals surface area contributed by atoms with Crippen molar-refractivity contribution in [3.63, 3.8) is 0 Å². The molecule has 0 spiro atoms. The number of phenols is 1. The van der Waals surface area contributed by atoms with Crippen LogP contribution >= 0.6 is 11.6 Å². The maximum atomic E-state index is 14.2. The van der Waals surface area contributed by atoms with Gasteiger partial charge in [-0.05, 0) is 19.1 Å². The molecule has 1 heterocycles. The first kappa shape index (κ1) is 22.0. The Hall–Kier alpha value is -2.30. The minimum absolute atomic E-state index is 0.0211. The molecule has 28 heavy (non-hydrogen) atoms. The number of halogens is 8. The molecule has 1 aromatic rings. The van der Waals surface area contributed by atoms with E-state index < -0.39 is 46.3 Å². The Balaban J connectivity index is 2.48. The Morgan fingerprint density at radius 3 is 2.25 bits per heavy atom. The maximum absolute atomic E-state index is 14.2. The zero-order valence-electron chi connectivity index (χ0n) is 13.9. The minimum Gasteiger partial charge on any atom is -0.506 e. The second kappa shape index (κ2) is 6.94. The Morgan fingerprint density at radius 1 is 1.18 bits per heavy atom. The van der Waals surface area contributed by atoms with Gasteiger partial charge in [-0.1, -0.05) is 17.7 Å². The number of aromatic hydroxyl groups is 1. The summed E-state index contributed by atoms with van der Waals surface area (Å²) in [5, 5.41) is 11.7. The van der Waals surface area contributed by atoms with Crippen molar-refractivity contribution in [2.75, 3.05) is 5.32 Å². The highest BCUT2D eigenvalue weighted by Gasteiger charge is 2.73. The Morgan fingerprint density at radius 2 is 1.75 bits per heavy atom. The van der Waals surface area contributed by atoms with Gasteiger partial charge in [0.2, 0.25) is 5.91 Å². The van der Waals surface area contributed by atoms with Gasteiger partial charge in [-0.2, -0.15) is 26.3 Å². The fourth-order valence-electron chi connectivity index (χ4n) is 2.39. The SMILES string of the molecule is CC1(C(=O)Nc2cc(C(F)(C(F)(F)F)C(F)(F)F)ccc2O)CC=NC=C1Cl. The molecule has 154 valence electrons. The summed E-state index contributed by atoms with van der Waals surface area (Å²) in [5.41, 5.74) is -9.83. The Bertz CT molecular complexity index is 834. The van der Waals surface area contributed by atoms with E-state index in [4.69, 9.17) is 11.6 Å². The predicted molar refractivity (Wildman–Crippen MR) is 86.8 cm³/mol. The van der Waals surface area contributed by atoms with Crippen molar-refractivity contribution in [3.8, 4) is 5.75 Å². The summed E-state index contributed by atoms with van der Waals surface area (Å²) in [5.74, 6) is -1.81. The van der Waals surface area contributed by atoms with Crippen LogP contribution in [0.5, 0.6) is 5.75 Å². The number of carbonyl (C=O) groups is 1. The molecule has 1 aromatic carbocycles. The van der Waals surface area contributed by atoms with Gasteiger partial charge < -0.3 is 10.4 Å². The number of hydrogen-bond acceptors (Lipinski definition) is 3. The van der Waals surface area contributed by atoms with E-state index in [0.717, 1.165) is 6.20 Å². The van der Waals surface area contributed by atoms with E-state index in [1.807, 2.05) is 5.32 Å². The summed E-state index contributed by atoms with van der Waals surface area (Å²) >= 11 is 5.91. The van der Waals surface area contributed by atoms with Crippen molar-refractivity contribution < 1.29 is 40.6 Å². The molecule has 12 heteroatoms. The maximum Gasteiger partial charge on any atom is 0.435 e. The van der Waals surface area contributed by atoms with E-state index in [-0.39, 0.29) is 23.6 Å². The molecule has 2 N–H and O–H groups in total. The molecule has 1 aliphatic heterocycles.